The van der Waals surface area contributed by atoms with Crippen molar-refractivity contribution < 1.29 is 0 Å². The number of aromatic nitrogens is 3. The predicted octanol–water partition coefficient (Wildman–Crippen LogP) is 4.38. The van der Waals surface area contributed by atoms with Crippen LogP contribution in [0.25, 0.3) is 15.9 Å². The highest BCUT2D eigenvalue weighted by molar-refractivity contribution is 9.10. The van der Waals surface area contributed by atoms with Crippen LogP contribution in [0.2, 0.25) is 0 Å². The van der Waals surface area contributed by atoms with E-state index in [0.29, 0.717) is 5.13 Å². The lowest BCUT2D eigenvalue weighted by molar-refractivity contribution is 0.920. The first-order chi connectivity index (χ1) is 11.1. The molecule has 116 valence electrons. The second-order valence-electron chi connectivity index (χ2n) is 5.64. The van der Waals surface area contributed by atoms with Crippen molar-refractivity contribution in [3.63, 3.8) is 0 Å². The van der Waals surface area contributed by atoms with Crippen LogP contribution in [0.4, 0.5) is 5.13 Å². The van der Waals surface area contributed by atoms with Crippen molar-refractivity contribution in [1.29, 1.82) is 0 Å². The Balaban J connectivity index is 1.61. The lowest BCUT2D eigenvalue weighted by atomic mass is 10.1. The minimum absolute atomic E-state index is 0.621. The van der Waals surface area contributed by atoms with Gasteiger partial charge in [-0.1, -0.05) is 17.4 Å². The Bertz CT molecular complexity index is 1020. The third-order valence-electron chi connectivity index (χ3n) is 3.91. The first-order valence-corrected chi connectivity index (χ1v) is 8.99. The van der Waals surface area contributed by atoms with Gasteiger partial charge in [-0.25, -0.2) is 9.97 Å². The molecule has 0 amide bonds. The molecule has 4 rings (SSSR count). The zero-order valence-electron chi connectivity index (χ0n) is 12.6. The van der Waals surface area contributed by atoms with Crippen molar-refractivity contribution in [3.8, 4) is 0 Å². The summed E-state index contributed by atoms with van der Waals surface area (Å²) in [6.07, 6.45) is 3.88. The molecule has 4 aromatic rings. The number of nitrogen functional groups attached to an aromatic ring is 1. The van der Waals surface area contributed by atoms with E-state index in [1.54, 1.807) is 0 Å². The summed E-state index contributed by atoms with van der Waals surface area (Å²) in [7, 11) is 0. The number of fused-ring (bicyclic) bond motifs is 2. The van der Waals surface area contributed by atoms with Gasteiger partial charge in [0.2, 0.25) is 0 Å². The molecular weight excluding hydrogens is 372 g/mol. The van der Waals surface area contributed by atoms with Gasteiger partial charge in [-0.2, -0.15) is 0 Å². The lowest BCUT2D eigenvalue weighted by Crippen LogP contribution is -1.92. The molecule has 3 aromatic heterocycles. The van der Waals surface area contributed by atoms with Crippen LogP contribution in [0.5, 0.6) is 0 Å². The van der Waals surface area contributed by atoms with Crippen LogP contribution in [-0.2, 0) is 12.8 Å². The second-order valence-corrected chi connectivity index (χ2v) is 7.45. The van der Waals surface area contributed by atoms with Crippen LogP contribution in [0, 0.1) is 6.92 Å². The minimum atomic E-state index is 0.621. The van der Waals surface area contributed by atoms with Crippen molar-refractivity contribution in [2.24, 2.45) is 0 Å². The zero-order valence-corrected chi connectivity index (χ0v) is 15.0. The maximum Gasteiger partial charge on any atom is 0.181 e. The molecule has 2 N–H and O–H groups in total. The summed E-state index contributed by atoms with van der Waals surface area (Å²) in [5.74, 6) is 0. The van der Waals surface area contributed by atoms with Gasteiger partial charge >= 0.3 is 0 Å². The van der Waals surface area contributed by atoms with Gasteiger partial charge in [-0.3, -0.25) is 4.40 Å². The van der Waals surface area contributed by atoms with Crippen molar-refractivity contribution in [1.82, 2.24) is 14.4 Å². The second kappa shape index (κ2) is 5.62. The van der Waals surface area contributed by atoms with Gasteiger partial charge in [0.25, 0.3) is 0 Å². The Morgan fingerprint density at radius 3 is 2.91 bits per heavy atom. The number of thiazole rings is 1. The maximum atomic E-state index is 5.77. The van der Waals surface area contributed by atoms with Crippen molar-refractivity contribution >= 4 is 48.3 Å². The first kappa shape index (κ1) is 14.7. The van der Waals surface area contributed by atoms with Gasteiger partial charge in [0.05, 0.1) is 15.9 Å². The Hall–Kier alpha value is -1.92. The smallest absolute Gasteiger partial charge is 0.181 e. The molecule has 0 aliphatic heterocycles. The Morgan fingerprint density at radius 2 is 2.04 bits per heavy atom. The molecule has 0 saturated heterocycles. The minimum Gasteiger partial charge on any atom is -0.375 e. The van der Waals surface area contributed by atoms with Gasteiger partial charge in [0.1, 0.15) is 10.3 Å². The standard InChI is InChI=1S/C17H15BrN4S/c1-10-6-7-22-15(8-10)20-13(16(22)18)5-3-11-2-4-12-14(9-11)23-17(19)21-12/h2,4,6-9H,3,5H2,1H3,(H2,19,21). The number of rotatable bonds is 3. The summed E-state index contributed by atoms with van der Waals surface area (Å²) in [5, 5.41) is 0.621. The van der Waals surface area contributed by atoms with Gasteiger partial charge in [0, 0.05) is 6.20 Å². The van der Waals surface area contributed by atoms with E-state index in [0.717, 1.165) is 39.0 Å². The molecule has 0 spiro atoms. The predicted molar refractivity (Wildman–Crippen MR) is 99.1 cm³/mol. The molecule has 0 aliphatic carbocycles. The van der Waals surface area contributed by atoms with E-state index in [1.165, 1.54) is 22.5 Å². The molecule has 0 saturated carbocycles. The summed E-state index contributed by atoms with van der Waals surface area (Å²) in [4.78, 5) is 9.04. The monoisotopic (exact) mass is 386 g/mol. The van der Waals surface area contributed by atoms with E-state index in [1.807, 2.05) is 6.07 Å². The number of hydrogen-bond acceptors (Lipinski definition) is 4. The summed E-state index contributed by atoms with van der Waals surface area (Å²) >= 11 is 5.20. The number of imidazole rings is 1. The molecule has 3 heterocycles. The molecule has 1 aromatic carbocycles. The molecular formula is C17H15BrN4S. The quantitative estimate of drug-likeness (QED) is 0.568. The van der Waals surface area contributed by atoms with E-state index in [2.05, 4.69) is 62.7 Å². The molecule has 0 atom stereocenters. The van der Waals surface area contributed by atoms with Gasteiger partial charge in [-0.05, 0) is 71.1 Å². The molecule has 23 heavy (non-hydrogen) atoms. The highest BCUT2D eigenvalue weighted by Crippen LogP contribution is 2.26. The topological polar surface area (TPSA) is 56.2 Å². The maximum absolute atomic E-state index is 5.77. The normalized spacial score (nSPS) is 11.6. The third-order valence-corrected chi connectivity index (χ3v) is 5.60. The van der Waals surface area contributed by atoms with Crippen molar-refractivity contribution in [3.05, 3.63) is 58.0 Å². The van der Waals surface area contributed by atoms with Crippen LogP contribution in [-0.4, -0.2) is 14.4 Å². The lowest BCUT2D eigenvalue weighted by Gasteiger charge is -2.00. The fourth-order valence-electron chi connectivity index (χ4n) is 2.73. The summed E-state index contributed by atoms with van der Waals surface area (Å²) in [6, 6.07) is 10.5. The SMILES string of the molecule is Cc1ccn2c(Br)c(CCc3ccc4nc(N)sc4c3)nc2c1. The number of anilines is 1. The van der Waals surface area contributed by atoms with Gasteiger partial charge in [-0.15, -0.1) is 0 Å². The average Bonchev–Trinajstić information content (AvgIpc) is 3.03. The number of nitrogens with zero attached hydrogens (tertiary/aromatic N) is 3. The largest absolute Gasteiger partial charge is 0.375 e. The van der Waals surface area contributed by atoms with E-state index < -0.39 is 0 Å². The Morgan fingerprint density at radius 1 is 1.17 bits per heavy atom. The number of benzene rings is 1. The first-order valence-electron chi connectivity index (χ1n) is 7.38. The fourth-order valence-corrected chi connectivity index (χ4v) is 4.11. The highest BCUT2D eigenvalue weighted by Gasteiger charge is 2.10. The third kappa shape index (κ3) is 2.72. The van der Waals surface area contributed by atoms with E-state index >= 15 is 0 Å². The van der Waals surface area contributed by atoms with Gasteiger partial charge in [0.15, 0.2) is 5.13 Å². The number of aryl methyl sites for hydroxylation is 3. The van der Waals surface area contributed by atoms with E-state index in [9.17, 15) is 0 Å². The average molecular weight is 387 g/mol. The highest BCUT2D eigenvalue weighted by atomic mass is 79.9. The zero-order chi connectivity index (χ0) is 16.0. The molecule has 0 aliphatic rings. The Labute approximate surface area is 146 Å². The van der Waals surface area contributed by atoms with E-state index in [4.69, 9.17) is 10.7 Å². The molecule has 0 fully saturated rings. The molecule has 0 unspecified atom stereocenters. The van der Waals surface area contributed by atoms with Crippen LogP contribution in [0.1, 0.15) is 16.8 Å². The van der Waals surface area contributed by atoms with Crippen molar-refractivity contribution in [2.45, 2.75) is 19.8 Å². The van der Waals surface area contributed by atoms with Gasteiger partial charge < -0.3 is 5.73 Å². The number of hydrogen-bond donors (Lipinski definition) is 1. The summed E-state index contributed by atoms with van der Waals surface area (Å²) < 4.78 is 4.26. The number of pyridine rings is 1. The van der Waals surface area contributed by atoms with Crippen LogP contribution < -0.4 is 5.73 Å². The number of halogens is 1. The van der Waals surface area contributed by atoms with E-state index in [-0.39, 0.29) is 0 Å². The van der Waals surface area contributed by atoms with Crippen LogP contribution >= 0.6 is 27.3 Å². The summed E-state index contributed by atoms with van der Waals surface area (Å²) in [6.45, 7) is 2.08. The van der Waals surface area contributed by atoms with Crippen molar-refractivity contribution in [2.75, 3.05) is 5.73 Å². The number of nitrogens with two attached hydrogens (primary N) is 1. The molecule has 4 nitrogen and oxygen atoms in total. The molecule has 6 heteroatoms. The molecule has 0 bridgehead atoms. The van der Waals surface area contributed by atoms with Crippen LogP contribution in [0.15, 0.2) is 41.1 Å². The van der Waals surface area contributed by atoms with Crippen LogP contribution in [0.3, 0.4) is 0 Å². The molecule has 0 radical (unpaired) electrons. The Kier molecular flexibility index (Phi) is 3.58. The summed E-state index contributed by atoms with van der Waals surface area (Å²) in [5.41, 5.74) is 11.3. The fraction of sp³-hybridized carbons (Fsp3) is 0.176.